The van der Waals surface area contributed by atoms with Gasteiger partial charge in [-0.2, -0.15) is 0 Å². The van der Waals surface area contributed by atoms with Crippen molar-refractivity contribution in [1.29, 1.82) is 0 Å². The zero-order valence-electron chi connectivity index (χ0n) is 13.9. The third kappa shape index (κ3) is 2.88. The van der Waals surface area contributed by atoms with E-state index in [-0.39, 0.29) is 5.92 Å². The van der Waals surface area contributed by atoms with E-state index < -0.39 is 10.0 Å². The lowest BCUT2D eigenvalue weighted by molar-refractivity contribution is 0.578. The van der Waals surface area contributed by atoms with Crippen LogP contribution in [-0.2, 0) is 10.0 Å². The van der Waals surface area contributed by atoms with E-state index in [1.807, 2.05) is 43.3 Å². The van der Waals surface area contributed by atoms with Gasteiger partial charge in [-0.1, -0.05) is 66.2 Å². The molecule has 0 radical (unpaired) electrons. The second kappa shape index (κ2) is 6.14. The quantitative estimate of drug-likeness (QED) is 0.771. The highest BCUT2D eigenvalue weighted by molar-refractivity contribution is 7.89. The number of rotatable bonds is 4. The molecule has 0 saturated carbocycles. The molecule has 0 spiro atoms. The van der Waals surface area contributed by atoms with Crippen LogP contribution in [0.4, 0.5) is 0 Å². The molecule has 3 aromatic rings. The number of hydrogen-bond donors (Lipinski definition) is 1. The van der Waals surface area contributed by atoms with Crippen LogP contribution < -0.4 is 4.72 Å². The number of aryl methyl sites for hydroxylation is 1. The van der Waals surface area contributed by atoms with Crippen molar-refractivity contribution in [3.8, 4) is 11.1 Å². The van der Waals surface area contributed by atoms with Crippen LogP contribution in [0.3, 0.4) is 0 Å². The Hall–Kier alpha value is -2.43. The van der Waals surface area contributed by atoms with Crippen molar-refractivity contribution >= 4 is 10.0 Å². The normalized spacial score (nSPS) is 13.5. The third-order valence-electron chi connectivity index (χ3n) is 4.77. The van der Waals surface area contributed by atoms with Gasteiger partial charge in [0.15, 0.2) is 0 Å². The van der Waals surface area contributed by atoms with E-state index in [0.717, 1.165) is 5.56 Å². The molecule has 0 saturated heterocycles. The number of sulfonamides is 1. The van der Waals surface area contributed by atoms with Crippen molar-refractivity contribution in [2.45, 2.75) is 17.7 Å². The number of benzene rings is 3. The first kappa shape index (κ1) is 16.1. The molecule has 0 aliphatic heterocycles. The molecule has 126 valence electrons. The van der Waals surface area contributed by atoms with Crippen LogP contribution in [0.5, 0.6) is 0 Å². The summed E-state index contributed by atoms with van der Waals surface area (Å²) in [4.78, 5) is 0.303. The van der Waals surface area contributed by atoms with Crippen LogP contribution in [0.25, 0.3) is 11.1 Å². The molecule has 1 N–H and O–H groups in total. The molecule has 0 atom stereocenters. The van der Waals surface area contributed by atoms with E-state index in [0.29, 0.717) is 11.4 Å². The number of fused-ring (bicyclic) bond motifs is 3. The Bertz CT molecular complexity index is 978. The Morgan fingerprint density at radius 2 is 1.32 bits per heavy atom. The van der Waals surface area contributed by atoms with E-state index in [9.17, 15) is 8.42 Å². The summed E-state index contributed by atoms with van der Waals surface area (Å²) in [5.41, 5.74) is 5.78. The van der Waals surface area contributed by atoms with Gasteiger partial charge in [0, 0.05) is 12.5 Å². The van der Waals surface area contributed by atoms with E-state index in [4.69, 9.17) is 0 Å². The van der Waals surface area contributed by atoms with E-state index in [1.165, 1.54) is 22.3 Å². The molecule has 0 heterocycles. The summed E-state index contributed by atoms with van der Waals surface area (Å²) in [5, 5.41) is 0. The molecular weight excluding hydrogens is 330 g/mol. The Kier molecular flexibility index (Phi) is 3.94. The van der Waals surface area contributed by atoms with Gasteiger partial charge < -0.3 is 0 Å². The van der Waals surface area contributed by atoms with Crippen molar-refractivity contribution in [2.24, 2.45) is 0 Å². The van der Waals surface area contributed by atoms with Gasteiger partial charge in [0.2, 0.25) is 10.0 Å². The standard InChI is InChI=1S/C21H19NO2S/c1-15-10-12-16(13-11-15)25(23,24)22-14-21-19-8-4-2-6-17(19)18-7-3-5-9-20(18)21/h2-13,21-22H,14H2,1H3. The first-order valence-electron chi connectivity index (χ1n) is 8.31. The van der Waals surface area contributed by atoms with Crippen LogP contribution in [0.2, 0.25) is 0 Å². The molecule has 0 bridgehead atoms. The van der Waals surface area contributed by atoms with Gasteiger partial charge in [-0.05, 0) is 41.3 Å². The molecule has 1 aliphatic rings. The summed E-state index contributed by atoms with van der Waals surface area (Å²) < 4.78 is 28.0. The summed E-state index contributed by atoms with van der Waals surface area (Å²) in [5.74, 6) is 0.0348. The summed E-state index contributed by atoms with van der Waals surface area (Å²) >= 11 is 0. The average Bonchev–Trinajstić information content (AvgIpc) is 2.94. The van der Waals surface area contributed by atoms with Crippen LogP contribution in [0.15, 0.2) is 77.7 Å². The van der Waals surface area contributed by atoms with E-state index in [1.54, 1.807) is 12.1 Å². The molecular formula is C21H19NO2S. The van der Waals surface area contributed by atoms with E-state index >= 15 is 0 Å². The number of hydrogen-bond acceptors (Lipinski definition) is 2. The molecule has 3 nitrogen and oxygen atoms in total. The minimum atomic E-state index is -3.52. The van der Waals surface area contributed by atoms with Crippen LogP contribution in [0.1, 0.15) is 22.6 Å². The highest BCUT2D eigenvalue weighted by atomic mass is 32.2. The van der Waals surface area contributed by atoms with Crippen molar-refractivity contribution in [3.63, 3.8) is 0 Å². The first-order chi connectivity index (χ1) is 12.1. The average molecular weight is 349 g/mol. The summed E-state index contributed by atoms with van der Waals surface area (Å²) in [7, 11) is -3.52. The van der Waals surface area contributed by atoms with E-state index in [2.05, 4.69) is 29.0 Å². The fourth-order valence-electron chi connectivity index (χ4n) is 3.47. The lowest BCUT2D eigenvalue weighted by Gasteiger charge is -2.15. The van der Waals surface area contributed by atoms with Crippen molar-refractivity contribution in [1.82, 2.24) is 4.72 Å². The van der Waals surface area contributed by atoms with Gasteiger partial charge in [0.05, 0.1) is 4.90 Å². The SMILES string of the molecule is Cc1ccc(S(=O)(=O)NCC2c3ccccc3-c3ccccc32)cc1. The van der Waals surface area contributed by atoms with Crippen molar-refractivity contribution in [2.75, 3.05) is 6.54 Å². The highest BCUT2D eigenvalue weighted by Gasteiger charge is 2.29. The van der Waals surface area contributed by atoms with Crippen LogP contribution in [-0.4, -0.2) is 15.0 Å². The zero-order chi connectivity index (χ0) is 17.4. The van der Waals surface area contributed by atoms with Gasteiger partial charge in [-0.25, -0.2) is 13.1 Å². The Balaban J connectivity index is 1.64. The smallest absolute Gasteiger partial charge is 0.210 e. The minimum Gasteiger partial charge on any atom is -0.210 e. The fraction of sp³-hybridized carbons (Fsp3) is 0.143. The predicted molar refractivity (Wildman–Crippen MR) is 100 cm³/mol. The second-order valence-corrected chi connectivity index (χ2v) is 8.16. The molecule has 4 heteroatoms. The monoisotopic (exact) mass is 349 g/mol. The second-order valence-electron chi connectivity index (χ2n) is 6.39. The van der Waals surface area contributed by atoms with Gasteiger partial charge in [-0.3, -0.25) is 0 Å². The molecule has 4 rings (SSSR count). The van der Waals surface area contributed by atoms with Crippen LogP contribution in [0, 0.1) is 6.92 Å². The van der Waals surface area contributed by atoms with Crippen LogP contribution >= 0.6 is 0 Å². The zero-order valence-corrected chi connectivity index (χ0v) is 14.8. The fourth-order valence-corrected chi connectivity index (χ4v) is 4.52. The third-order valence-corrected chi connectivity index (χ3v) is 6.21. The van der Waals surface area contributed by atoms with Gasteiger partial charge in [-0.15, -0.1) is 0 Å². The molecule has 0 fully saturated rings. The van der Waals surface area contributed by atoms with Gasteiger partial charge >= 0.3 is 0 Å². The first-order valence-corrected chi connectivity index (χ1v) is 9.79. The molecule has 3 aromatic carbocycles. The molecule has 25 heavy (non-hydrogen) atoms. The Morgan fingerprint density at radius 1 is 0.800 bits per heavy atom. The Labute approximate surface area is 148 Å². The Morgan fingerprint density at radius 3 is 1.88 bits per heavy atom. The maximum Gasteiger partial charge on any atom is 0.240 e. The maximum absolute atomic E-state index is 12.6. The maximum atomic E-state index is 12.6. The highest BCUT2D eigenvalue weighted by Crippen LogP contribution is 2.44. The summed E-state index contributed by atoms with van der Waals surface area (Å²) in [6.07, 6.45) is 0. The predicted octanol–water partition coefficient (Wildman–Crippen LogP) is 4.09. The lowest BCUT2D eigenvalue weighted by atomic mass is 9.97. The molecule has 1 aliphatic carbocycles. The minimum absolute atomic E-state index is 0.0348. The topological polar surface area (TPSA) is 46.2 Å². The van der Waals surface area contributed by atoms with Gasteiger partial charge in [0.1, 0.15) is 0 Å². The largest absolute Gasteiger partial charge is 0.240 e. The summed E-state index contributed by atoms with van der Waals surface area (Å²) in [6, 6.07) is 23.3. The number of nitrogens with one attached hydrogen (secondary N) is 1. The van der Waals surface area contributed by atoms with Crippen molar-refractivity contribution in [3.05, 3.63) is 89.5 Å². The molecule has 0 amide bonds. The molecule has 0 unspecified atom stereocenters. The molecule has 0 aromatic heterocycles. The van der Waals surface area contributed by atoms with Gasteiger partial charge in [0.25, 0.3) is 0 Å². The van der Waals surface area contributed by atoms with Crippen molar-refractivity contribution < 1.29 is 8.42 Å². The summed E-state index contributed by atoms with van der Waals surface area (Å²) in [6.45, 7) is 2.29. The lowest BCUT2D eigenvalue weighted by Crippen LogP contribution is -2.28.